The Morgan fingerprint density at radius 3 is 3.00 bits per heavy atom. The van der Waals surface area contributed by atoms with Gasteiger partial charge in [-0.25, -0.2) is 0 Å². The Balaban J connectivity index is 1.38. The van der Waals surface area contributed by atoms with Gasteiger partial charge in [0, 0.05) is 29.5 Å². The Labute approximate surface area is 163 Å². The number of aryl methyl sites for hydroxylation is 2. The van der Waals surface area contributed by atoms with Crippen molar-refractivity contribution in [2.75, 3.05) is 6.54 Å². The number of pyridine rings is 1. The fourth-order valence-corrected chi connectivity index (χ4v) is 4.12. The fraction of sp³-hybridized carbons (Fsp3) is 0.273. The van der Waals surface area contributed by atoms with Gasteiger partial charge in [-0.1, -0.05) is 24.3 Å². The molecular formula is C22H22N2O2S. The van der Waals surface area contributed by atoms with Crippen molar-refractivity contribution < 1.29 is 9.53 Å². The van der Waals surface area contributed by atoms with Crippen LogP contribution in [0.1, 0.15) is 22.4 Å². The largest absolute Gasteiger partial charge is 0.487 e. The molecule has 1 aliphatic heterocycles. The summed E-state index contributed by atoms with van der Waals surface area (Å²) >= 11 is 1.69. The summed E-state index contributed by atoms with van der Waals surface area (Å²) < 4.78 is 6.20. The van der Waals surface area contributed by atoms with Crippen LogP contribution in [-0.4, -0.2) is 23.5 Å². The lowest BCUT2D eigenvalue weighted by molar-refractivity contribution is -0.121. The number of thiophene rings is 1. The van der Waals surface area contributed by atoms with Crippen molar-refractivity contribution >= 4 is 17.2 Å². The van der Waals surface area contributed by atoms with E-state index in [4.69, 9.17) is 4.74 Å². The van der Waals surface area contributed by atoms with Crippen molar-refractivity contribution in [3.63, 3.8) is 0 Å². The molecule has 0 bridgehead atoms. The molecule has 0 fully saturated rings. The van der Waals surface area contributed by atoms with E-state index in [1.807, 2.05) is 29.8 Å². The van der Waals surface area contributed by atoms with Crippen molar-refractivity contribution in [2.24, 2.45) is 0 Å². The van der Waals surface area contributed by atoms with E-state index in [1.54, 1.807) is 11.3 Å². The van der Waals surface area contributed by atoms with E-state index in [1.165, 1.54) is 10.4 Å². The summed E-state index contributed by atoms with van der Waals surface area (Å²) in [4.78, 5) is 17.9. The average molecular weight is 378 g/mol. The van der Waals surface area contributed by atoms with Gasteiger partial charge in [-0.05, 0) is 48.1 Å². The summed E-state index contributed by atoms with van der Waals surface area (Å²) in [5.74, 6) is 0.973. The number of nitrogens with zero attached hydrogens (tertiary/aromatic N) is 1. The standard InChI is InChI=1S/C22H22N2O2S/c1-15-5-3-11-23-21(15)19-8-2-6-16-13-17(26-22(16)19)14-24-20(25)10-9-18-7-4-12-27-18/h2-8,11-12,17H,9-10,13-14H2,1H3,(H,24,25). The Kier molecular flexibility index (Phi) is 5.21. The maximum atomic E-state index is 12.1. The zero-order valence-corrected chi connectivity index (χ0v) is 16.1. The summed E-state index contributed by atoms with van der Waals surface area (Å²) in [5, 5.41) is 5.06. The monoisotopic (exact) mass is 378 g/mol. The molecule has 3 aromatic rings. The lowest BCUT2D eigenvalue weighted by atomic mass is 10.0. The highest BCUT2D eigenvalue weighted by Crippen LogP contribution is 2.38. The summed E-state index contributed by atoms with van der Waals surface area (Å²) in [5.41, 5.74) is 4.28. The topological polar surface area (TPSA) is 51.2 Å². The van der Waals surface area contributed by atoms with Gasteiger partial charge in [0.05, 0.1) is 12.2 Å². The lowest BCUT2D eigenvalue weighted by Gasteiger charge is -2.14. The highest BCUT2D eigenvalue weighted by molar-refractivity contribution is 7.09. The van der Waals surface area contributed by atoms with Crippen LogP contribution in [0.2, 0.25) is 0 Å². The smallest absolute Gasteiger partial charge is 0.220 e. The van der Waals surface area contributed by atoms with E-state index in [2.05, 4.69) is 41.5 Å². The van der Waals surface area contributed by atoms with E-state index < -0.39 is 0 Å². The minimum absolute atomic E-state index is 0.0316. The Morgan fingerprint density at radius 2 is 2.19 bits per heavy atom. The molecule has 1 amide bonds. The molecule has 1 atom stereocenters. The zero-order valence-electron chi connectivity index (χ0n) is 15.3. The number of rotatable bonds is 6. The first-order valence-corrected chi connectivity index (χ1v) is 10.1. The van der Waals surface area contributed by atoms with Crippen LogP contribution in [0.4, 0.5) is 0 Å². The number of aromatic nitrogens is 1. The van der Waals surface area contributed by atoms with Gasteiger partial charge in [-0.3, -0.25) is 9.78 Å². The maximum Gasteiger partial charge on any atom is 0.220 e. The Hall–Kier alpha value is -2.66. The molecule has 0 saturated heterocycles. The van der Waals surface area contributed by atoms with Gasteiger partial charge in [0.15, 0.2) is 0 Å². The quantitative estimate of drug-likeness (QED) is 0.700. The molecular weight excluding hydrogens is 356 g/mol. The van der Waals surface area contributed by atoms with Gasteiger partial charge < -0.3 is 10.1 Å². The molecule has 1 unspecified atom stereocenters. The molecule has 138 valence electrons. The van der Waals surface area contributed by atoms with Gasteiger partial charge in [0.25, 0.3) is 0 Å². The molecule has 3 heterocycles. The zero-order chi connectivity index (χ0) is 18.6. The lowest BCUT2D eigenvalue weighted by Crippen LogP contribution is -2.34. The predicted molar refractivity (Wildman–Crippen MR) is 108 cm³/mol. The van der Waals surface area contributed by atoms with E-state index in [9.17, 15) is 4.79 Å². The third kappa shape index (κ3) is 4.03. The number of ether oxygens (including phenoxy) is 1. The SMILES string of the molecule is Cc1cccnc1-c1cccc2c1OC(CNC(=O)CCc1cccs1)C2. The average Bonchev–Trinajstić information content (AvgIpc) is 3.34. The number of benzene rings is 1. The number of fused-ring (bicyclic) bond motifs is 1. The first-order valence-electron chi connectivity index (χ1n) is 9.20. The predicted octanol–water partition coefficient (Wildman–Crippen LogP) is 4.17. The van der Waals surface area contributed by atoms with Crippen LogP contribution in [0, 0.1) is 6.92 Å². The number of amides is 1. The van der Waals surface area contributed by atoms with Crippen molar-refractivity contribution in [3.05, 3.63) is 70.0 Å². The summed E-state index contributed by atoms with van der Waals surface area (Å²) in [6, 6.07) is 14.3. The number of nitrogens with one attached hydrogen (secondary N) is 1. The van der Waals surface area contributed by atoms with E-state index in [0.717, 1.165) is 35.4 Å². The molecule has 0 spiro atoms. The summed E-state index contributed by atoms with van der Waals surface area (Å²) in [7, 11) is 0. The number of carbonyl (C=O) groups is 1. The van der Waals surface area contributed by atoms with E-state index >= 15 is 0 Å². The van der Waals surface area contributed by atoms with Gasteiger partial charge in [0.1, 0.15) is 11.9 Å². The second kappa shape index (κ2) is 7.92. The van der Waals surface area contributed by atoms with Crippen LogP contribution >= 0.6 is 11.3 Å². The number of carbonyl (C=O) groups excluding carboxylic acids is 1. The second-order valence-corrected chi connectivity index (χ2v) is 7.82. The Bertz CT molecular complexity index is 937. The van der Waals surface area contributed by atoms with Gasteiger partial charge >= 0.3 is 0 Å². The van der Waals surface area contributed by atoms with Crippen LogP contribution in [0.3, 0.4) is 0 Å². The number of para-hydroxylation sites is 1. The van der Waals surface area contributed by atoms with Gasteiger partial charge in [-0.2, -0.15) is 0 Å². The second-order valence-electron chi connectivity index (χ2n) is 6.79. The fourth-order valence-electron chi connectivity index (χ4n) is 3.41. The summed E-state index contributed by atoms with van der Waals surface area (Å²) in [6.45, 7) is 2.58. The first-order chi connectivity index (χ1) is 13.2. The molecule has 1 aromatic carbocycles. The molecule has 4 rings (SSSR count). The number of hydrogen-bond acceptors (Lipinski definition) is 4. The maximum absolute atomic E-state index is 12.1. The van der Waals surface area contributed by atoms with Crippen molar-refractivity contribution in [1.29, 1.82) is 0 Å². The number of hydrogen-bond donors (Lipinski definition) is 1. The highest BCUT2D eigenvalue weighted by Gasteiger charge is 2.26. The van der Waals surface area contributed by atoms with Gasteiger partial charge in [0.2, 0.25) is 5.91 Å². The normalized spacial score (nSPS) is 15.2. The van der Waals surface area contributed by atoms with Crippen LogP contribution in [0.15, 0.2) is 54.0 Å². The van der Waals surface area contributed by atoms with Crippen molar-refractivity contribution in [2.45, 2.75) is 32.3 Å². The first kappa shape index (κ1) is 17.7. The Morgan fingerprint density at radius 1 is 1.26 bits per heavy atom. The highest BCUT2D eigenvalue weighted by atomic mass is 32.1. The van der Waals surface area contributed by atoms with Crippen LogP contribution < -0.4 is 10.1 Å². The minimum Gasteiger partial charge on any atom is -0.487 e. The minimum atomic E-state index is -0.0316. The third-order valence-corrected chi connectivity index (χ3v) is 5.73. The third-order valence-electron chi connectivity index (χ3n) is 4.80. The molecule has 4 nitrogen and oxygen atoms in total. The molecule has 0 aliphatic carbocycles. The van der Waals surface area contributed by atoms with E-state index in [0.29, 0.717) is 13.0 Å². The molecule has 0 saturated carbocycles. The molecule has 2 aromatic heterocycles. The molecule has 1 aliphatic rings. The van der Waals surface area contributed by atoms with Crippen molar-refractivity contribution in [3.8, 4) is 17.0 Å². The van der Waals surface area contributed by atoms with Crippen molar-refractivity contribution in [1.82, 2.24) is 10.3 Å². The molecule has 5 heteroatoms. The van der Waals surface area contributed by atoms with Crippen LogP contribution in [-0.2, 0) is 17.6 Å². The molecule has 0 radical (unpaired) electrons. The molecule has 1 N–H and O–H groups in total. The summed E-state index contributed by atoms with van der Waals surface area (Å²) in [6.07, 6.45) is 3.88. The van der Waals surface area contributed by atoms with Gasteiger partial charge in [-0.15, -0.1) is 11.3 Å². The van der Waals surface area contributed by atoms with Crippen LogP contribution in [0.25, 0.3) is 11.3 Å². The molecule has 27 heavy (non-hydrogen) atoms. The van der Waals surface area contributed by atoms with E-state index in [-0.39, 0.29) is 12.0 Å². The van der Waals surface area contributed by atoms with Crippen LogP contribution in [0.5, 0.6) is 5.75 Å².